The number of carbonyl (C=O) groups excluding carboxylic acids is 1. The highest BCUT2D eigenvalue weighted by atomic mass is 32.2. The predicted molar refractivity (Wildman–Crippen MR) is 85.8 cm³/mol. The van der Waals surface area contributed by atoms with Crippen LogP contribution in [0.4, 0.5) is 0 Å². The van der Waals surface area contributed by atoms with Gasteiger partial charge in [-0.15, -0.1) is 0 Å². The van der Waals surface area contributed by atoms with Gasteiger partial charge in [-0.05, 0) is 43.2 Å². The SMILES string of the molecule is Cc1ccc(-c2ccc(C(=O)NC3=NCCS3)o2)cc1C. The Morgan fingerprint density at radius 1 is 1.24 bits per heavy atom. The fraction of sp³-hybridized carbons (Fsp3) is 0.250. The van der Waals surface area contributed by atoms with Gasteiger partial charge >= 0.3 is 0 Å². The van der Waals surface area contributed by atoms with Crippen LogP contribution in [0.5, 0.6) is 0 Å². The second-order valence-electron chi connectivity index (χ2n) is 4.95. The number of rotatable bonds is 2. The summed E-state index contributed by atoms with van der Waals surface area (Å²) >= 11 is 1.55. The van der Waals surface area contributed by atoms with Crippen LogP contribution in [0.1, 0.15) is 21.7 Å². The summed E-state index contributed by atoms with van der Waals surface area (Å²) in [5, 5.41) is 3.43. The number of hydrogen-bond acceptors (Lipinski definition) is 4. The number of hydrogen-bond donors (Lipinski definition) is 1. The molecule has 1 aliphatic rings. The number of amidine groups is 1. The van der Waals surface area contributed by atoms with Crippen molar-refractivity contribution in [1.29, 1.82) is 0 Å². The standard InChI is InChI=1S/C16H16N2O2S/c1-10-3-4-12(9-11(10)2)13-5-6-14(20-13)15(19)18-16-17-7-8-21-16/h3-6,9H,7-8H2,1-2H3,(H,17,18,19). The van der Waals surface area contributed by atoms with Crippen LogP contribution in [0.25, 0.3) is 11.3 Å². The molecule has 2 aromatic rings. The van der Waals surface area contributed by atoms with E-state index in [1.165, 1.54) is 11.1 Å². The van der Waals surface area contributed by atoms with Crippen molar-refractivity contribution in [3.05, 3.63) is 47.2 Å². The molecular weight excluding hydrogens is 284 g/mol. The summed E-state index contributed by atoms with van der Waals surface area (Å²) < 4.78 is 5.66. The highest BCUT2D eigenvalue weighted by Gasteiger charge is 2.16. The number of thioether (sulfide) groups is 1. The Bertz CT molecular complexity index is 719. The van der Waals surface area contributed by atoms with E-state index in [2.05, 4.69) is 36.3 Å². The molecule has 3 rings (SSSR count). The van der Waals surface area contributed by atoms with Crippen LogP contribution in [-0.2, 0) is 0 Å². The first kappa shape index (κ1) is 13.9. The molecule has 0 saturated heterocycles. The van der Waals surface area contributed by atoms with E-state index in [0.29, 0.717) is 16.7 Å². The van der Waals surface area contributed by atoms with Gasteiger partial charge in [0, 0.05) is 11.3 Å². The largest absolute Gasteiger partial charge is 0.451 e. The smallest absolute Gasteiger partial charge is 0.292 e. The van der Waals surface area contributed by atoms with Gasteiger partial charge in [0.1, 0.15) is 5.76 Å². The fourth-order valence-corrected chi connectivity index (χ4v) is 2.80. The first-order valence-electron chi connectivity index (χ1n) is 6.79. The average Bonchev–Trinajstić information content (AvgIpc) is 3.12. The highest BCUT2D eigenvalue weighted by Crippen LogP contribution is 2.24. The minimum absolute atomic E-state index is 0.252. The Balaban J connectivity index is 1.79. The lowest BCUT2D eigenvalue weighted by Crippen LogP contribution is -2.26. The zero-order valence-electron chi connectivity index (χ0n) is 12.0. The number of carbonyl (C=O) groups is 1. The van der Waals surface area contributed by atoms with Crippen LogP contribution >= 0.6 is 11.8 Å². The summed E-state index contributed by atoms with van der Waals surface area (Å²) in [5.41, 5.74) is 3.41. The minimum atomic E-state index is -0.252. The summed E-state index contributed by atoms with van der Waals surface area (Å²) in [6, 6.07) is 9.63. The molecule has 0 unspecified atom stereocenters. The predicted octanol–water partition coefficient (Wildman–Crippen LogP) is 3.40. The van der Waals surface area contributed by atoms with E-state index in [1.54, 1.807) is 17.8 Å². The van der Waals surface area contributed by atoms with Gasteiger partial charge in [-0.1, -0.05) is 23.9 Å². The Kier molecular flexibility index (Phi) is 3.84. The van der Waals surface area contributed by atoms with Crippen LogP contribution in [0, 0.1) is 13.8 Å². The van der Waals surface area contributed by atoms with E-state index >= 15 is 0 Å². The maximum absolute atomic E-state index is 12.1. The summed E-state index contributed by atoms with van der Waals surface area (Å²) in [6.45, 7) is 4.89. The third-order valence-electron chi connectivity index (χ3n) is 3.43. The maximum Gasteiger partial charge on any atom is 0.292 e. The van der Waals surface area contributed by atoms with Crippen molar-refractivity contribution in [3.8, 4) is 11.3 Å². The second-order valence-corrected chi connectivity index (χ2v) is 6.04. The molecule has 0 radical (unpaired) electrons. The van der Waals surface area contributed by atoms with Gasteiger partial charge in [0.2, 0.25) is 0 Å². The molecule has 0 atom stereocenters. The minimum Gasteiger partial charge on any atom is -0.451 e. The lowest BCUT2D eigenvalue weighted by molar-refractivity contribution is 0.0952. The summed E-state index contributed by atoms with van der Waals surface area (Å²) in [5.74, 6) is 1.67. The quantitative estimate of drug-likeness (QED) is 0.925. The number of aryl methyl sites for hydroxylation is 2. The summed E-state index contributed by atoms with van der Waals surface area (Å²) in [4.78, 5) is 16.3. The van der Waals surface area contributed by atoms with Gasteiger partial charge in [0.05, 0.1) is 6.54 Å². The molecule has 1 amide bonds. The van der Waals surface area contributed by atoms with E-state index in [4.69, 9.17) is 4.42 Å². The van der Waals surface area contributed by atoms with E-state index in [1.807, 2.05) is 12.1 Å². The van der Waals surface area contributed by atoms with Crippen molar-refractivity contribution in [1.82, 2.24) is 5.32 Å². The highest BCUT2D eigenvalue weighted by molar-refractivity contribution is 8.14. The molecule has 1 aromatic heterocycles. The molecule has 4 nitrogen and oxygen atoms in total. The van der Waals surface area contributed by atoms with Crippen LogP contribution in [0.3, 0.4) is 0 Å². The molecule has 21 heavy (non-hydrogen) atoms. The van der Waals surface area contributed by atoms with Gasteiger partial charge in [-0.3, -0.25) is 15.1 Å². The first-order valence-corrected chi connectivity index (χ1v) is 7.78. The molecule has 0 bridgehead atoms. The van der Waals surface area contributed by atoms with E-state index < -0.39 is 0 Å². The number of benzene rings is 1. The lowest BCUT2D eigenvalue weighted by Gasteiger charge is -2.03. The van der Waals surface area contributed by atoms with Crippen molar-refractivity contribution < 1.29 is 9.21 Å². The molecule has 1 N–H and O–H groups in total. The van der Waals surface area contributed by atoms with Crippen LogP contribution in [0.2, 0.25) is 0 Å². The van der Waals surface area contributed by atoms with Gasteiger partial charge < -0.3 is 4.42 Å². The summed E-state index contributed by atoms with van der Waals surface area (Å²) in [6.07, 6.45) is 0. The average molecular weight is 300 g/mol. The molecule has 0 aliphatic carbocycles. The lowest BCUT2D eigenvalue weighted by atomic mass is 10.1. The molecule has 0 fully saturated rings. The molecule has 2 heterocycles. The Labute approximate surface area is 127 Å². The Morgan fingerprint density at radius 3 is 2.81 bits per heavy atom. The topological polar surface area (TPSA) is 54.6 Å². The number of aliphatic imine (C=N–C) groups is 1. The van der Waals surface area contributed by atoms with Crippen molar-refractivity contribution >= 4 is 22.8 Å². The van der Waals surface area contributed by atoms with Crippen molar-refractivity contribution in [2.24, 2.45) is 4.99 Å². The Hall–Kier alpha value is -2.01. The zero-order chi connectivity index (χ0) is 14.8. The normalized spacial score (nSPS) is 14.1. The van der Waals surface area contributed by atoms with E-state index in [9.17, 15) is 4.79 Å². The molecular formula is C16H16N2O2S. The van der Waals surface area contributed by atoms with Crippen LogP contribution < -0.4 is 5.32 Å². The molecule has 108 valence electrons. The molecule has 0 saturated carbocycles. The maximum atomic E-state index is 12.1. The third-order valence-corrected chi connectivity index (χ3v) is 4.32. The second kappa shape index (κ2) is 5.77. The van der Waals surface area contributed by atoms with Crippen molar-refractivity contribution in [2.45, 2.75) is 13.8 Å². The van der Waals surface area contributed by atoms with Gasteiger partial charge in [0.15, 0.2) is 10.9 Å². The number of nitrogens with zero attached hydrogens (tertiary/aromatic N) is 1. The molecule has 0 spiro atoms. The fourth-order valence-electron chi connectivity index (χ4n) is 2.08. The first-order chi connectivity index (χ1) is 10.1. The van der Waals surface area contributed by atoms with Gasteiger partial charge in [0.25, 0.3) is 5.91 Å². The zero-order valence-corrected chi connectivity index (χ0v) is 12.8. The van der Waals surface area contributed by atoms with E-state index in [0.717, 1.165) is 17.9 Å². The van der Waals surface area contributed by atoms with E-state index in [-0.39, 0.29) is 5.91 Å². The molecule has 1 aliphatic heterocycles. The van der Waals surface area contributed by atoms with Crippen molar-refractivity contribution in [2.75, 3.05) is 12.3 Å². The van der Waals surface area contributed by atoms with Crippen molar-refractivity contribution in [3.63, 3.8) is 0 Å². The Morgan fingerprint density at radius 2 is 2.10 bits per heavy atom. The number of nitrogens with one attached hydrogen (secondary N) is 1. The third kappa shape index (κ3) is 3.03. The summed E-state index contributed by atoms with van der Waals surface area (Å²) in [7, 11) is 0. The number of amides is 1. The van der Waals surface area contributed by atoms with Gasteiger partial charge in [-0.2, -0.15) is 0 Å². The van der Waals surface area contributed by atoms with Crippen LogP contribution in [-0.4, -0.2) is 23.4 Å². The molecule has 5 heteroatoms. The monoisotopic (exact) mass is 300 g/mol. The number of furan rings is 1. The van der Waals surface area contributed by atoms with Crippen LogP contribution in [0.15, 0.2) is 39.7 Å². The van der Waals surface area contributed by atoms with Gasteiger partial charge in [-0.25, -0.2) is 0 Å². The molecule has 1 aromatic carbocycles.